The van der Waals surface area contributed by atoms with Gasteiger partial charge in [-0.1, -0.05) is 43.8 Å². The number of aliphatic hydroxyl groups excluding tert-OH is 1. The summed E-state index contributed by atoms with van der Waals surface area (Å²) in [5, 5.41) is 35.2. The molecule has 4 aliphatic carbocycles. The Morgan fingerprint density at radius 1 is 1.03 bits per heavy atom. The van der Waals surface area contributed by atoms with E-state index in [2.05, 4.69) is 37.9 Å². The lowest BCUT2D eigenvalue weighted by atomic mass is 9.41. The highest BCUT2D eigenvalue weighted by Gasteiger charge is 2.71. The average molecular weight is 492 g/mol. The summed E-state index contributed by atoms with van der Waals surface area (Å²) in [5.41, 5.74) is -0.0390. The standard InChI is InChI=1S/C31H41NO4/c1-21-16-23(19-36-21)25-11-15-31(35)27-10-14-30(34)17-24(33)8-13-29(30,26(27)9-12-28(25,31)2)20-32-18-22-6-4-3-5-7-22/h3-7,16,20,24-27,33-35H,1,8-15,17-19H2,2H3/b32-20+/t24-,25?,26+,27-,28?,29?,30?,31?/m1/s1. The van der Waals surface area contributed by atoms with Crippen molar-refractivity contribution < 1.29 is 20.1 Å². The van der Waals surface area contributed by atoms with Crippen LogP contribution in [0.2, 0.25) is 0 Å². The fourth-order valence-corrected chi connectivity index (χ4v) is 9.34. The third kappa shape index (κ3) is 3.42. The zero-order chi connectivity index (χ0) is 25.2. The molecule has 194 valence electrons. The van der Waals surface area contributed by atoms with Crippen molar-refractivity contribution in [2.45, 2.75) is 88.6 Å². The minimum absolute atomic E-state index is 0.117. The Morgan fingerprint density at radius 3 is 2.56 bits per heavy atom. The van der Waals surface area contributed by atoms with Gasteiger partial charge in [0.2, 0.25) is 0 Å². The number of hydrogen-bond donors (Lipinski definition) is 3. The van der Waals surface area contributed by atoms with Crippen LogP contribution in [0.3, 0.4) is 0 Å². The molecule has 4 saturated carbocycles. The normalized spacial score (nSPS) is 46.1. The second-order valence-corrected chi connectivity index (χ2v) is 12.6. The van der Waals surface area contributed by atoms with Crippen LogP contribution in [0, 0.1) is 28.6 Å². The van der Waals surface area contributed by atoms with E-state index in [1.807, 2.05) is 18.2 Å². The van der Waals surface area contributed by atoms with Gasteiger partial charge in [-0.2, -0.15) is 0 Å². The summed E-state index contributed by atoms with van der Waals surface area (Å²) in [6.07, 6.45) is 10.5. The summed E-state index contributed by atoms with van der Waals surface area (Å²) >= 11 is 0. The van der Waals surface area contributed by atoms with Gasteiger partial charge >= 0.3 is 0 Å². The molecule has 5 unspecified atom stereocenters. The molecule has 4 fully saturated rings. The van der Waals surface area contributed by atoms with E-state index in [4.69, 9.17) is 9.73 Å². The minimum Gasteiger partial charge on any atom is -0.490 e. The van der Waals surface area contributed by atoms with E-state index >= 15 is 0 Å². The number of nitrogens with zero attached hydrogens (tertiary/aromatic N) is 1. The van der Waals surface area contributed by atoms with E-state index in [1.165, 1.54) is 5.57 Å². The molecule has 6 rings (SSSR count). The van der Waals surface area contributed by atoms with E-state index in [-0.39, 0.29) is 17.3 Å². The molecule has 8 atom stereocenters. The molecule has 0 amide bonds. The van der Waals surface area contributed by atoms with Crippen LogP contribution in [0.25, 0.3) is 0 Å². The molecule has 1 aromatic rings. The SMILES string of the molecule is C=C1C=C(C2CCC3(O)[C@@H]4CCC5(O)C[C@H](O)CCC5(/C=N/Cc5ccccc5)[C@H]4CCC23C)CO1. The third-order valence-electron chi connectivity index (χ3n) is 11.2. The van der Waals surface area contributed by atoms with E-state index in [1.54, 1.807) is 0 Å². The van der Waals surface area contributed by atoms with Gasteiger partial charge in [-0.25, -0.2) is 0 Å². The van der Waals surface area contributed by atoms with Crippen LogP contribution < -0.4 is 0 Å². The van der Waals surface area contributed by atoms with Crippen molar-refractivity contribution in [2.75, 3.05) is 6.61 Å². The van der Waals surface area contributed by atoms with Crippen molar-refractivity contribution in [2.24, 2.45) is 33.6 Å². The molecule has 0 bridgehead atoms. The molecule has 1 aliphatic heterocycles. The zero-order valence-corrected chi connectivity index (χ0v) is 21.5. The van der Waals surface area contributed by atoms with Crippen LogP contribution in [0.1, 0.15) is 70.3 Å². The van der Waals surface area contributed by atoms with Crippen molar-refractivity contribution in [1.82, 2.24) is 0 Å². The molecule has 5 nitrogen and oxygen atoms in total. The monoisotopic (exact) mass is 491 g/mol. The predicted octanol–water partition coefficient (Wildman–Crippen LogP) is 4.96. The molecule has 3 N–H and O–H groups in total. The van der Waals surface area contributed by atoms with Gasteiger partial charge in [0.05, 0.1) is 23.9 Å². The predicted molar refractivity (Wildman–Crippen MR) is 140 cm³/mol. The Labute approximate surface area is 215 Å². The van der Waals surface area contributed by atoms with Gasteiger partial charge in [0.25, 0.3) is 0 Å². The molecule has 36 heavy (non-hydrogen) atoms. The third-order valence-corrected chi connectivity index (χ3v) is 11.2. The van der Waals surface area contributed by atoms with Crippen molar-refractivity contribution in [3.05, 3.63) is 59.9 Å². The summed E-state index contributed by atoms with van der Waals surface area (Å²) in [6.45, 7) is 7.45. The fraction of sp³-hybridized carbons (Fsp3) is 0.645. The first-order valence-electron chi connectivity index (χ1n) is 13.9. The number of benzene rings is 1. The quantitative estimate of drug-likeness (QED) is 0.520. The Kier molecular flexibility index (Phi) is 5.79. The van der Waals surface area contributed by atoms with E-state index in [9.17, 15) is 15.3 Å². The summed E-state index contributed by atoms with van der Waals surface area (Å²) in [5.74, 6) is 1.31. The molecule has 0 spiro atoms. The Bertz CT molecular complexity index is 1080. The molecule has 0 saturated heterocycles. The van der Waals surface area contributed by atoms with Crippen LogP contribution in [-0.2, 0) is 11.3 Å². The number of ether oxygens (including phenoxy) is 1. The minimum atomic E-state index is -0.978. The number of aliphatic hydroxyl groups is 3. The first kappa shape index (κ1) is 24.4. The van der Waals surface area contributed by atoms with Gasteiger partial charge in [-0.15, -0.1) is 0 Å². The lowest BCUT2D eigenvalue weighted by molar-refractivity contribution is -0.237. The van der Waals surface area contributed by atoms with Gasteiger partial charge in [0.15, 0.2) is 0 Å². The lowest BCUT2D eigenvalue weighted by Crippen LogP contribution is -2.68. The van der Waals surface area contributed by atoms with Crippen LogP contribution in [0.5, 0.6) is 0 Å². The number of fused-ring (bicyclic) bond motifs is 5. The maximum atomic E-state index is 12.5. The Balaban J connectivity index is 1.35. The second kappa shape index (κ2) is 8.54. The highest BCUT2D eigenvalue weighted by Crippen LogP contribution is 2.70. The molecule has 0 radical (unpaired) electrons. The van der Waals surface area contributed by atoms with E-state index in [0.29, 0.717) is 38.3 Å². The van der Waals surface area contributed by atoms with Crippen LogP contribution in [0.15, 0.2) is 59.3 Å². The summed E-state index contributed by atoms with van der Waals surface area (Å²) in [4.78, 5) is 4.93. The van der Waals surface area contributed by atoms with Crippen molar-refractivity contribution in [1.29, 1.82) is 0 Å². The number of rotatable bonds is 4. The van der Waals surface area contributed by atoms with Crippen LogP contribution in [0.4, 0.5) is 0 Å². The number of allylic oxidation sites excluding steroid dienone is 1. The van der Waals surface area contributed by atoms with Crippen molar-refractivity contribution in [3.8, 4) is 0 Å². The lowest BCUT2D eigenvalue weighted by Gasteiger charge is -2.65. The smallest absolute Gasteiger partial charge is 0.112 e. The maximum absolute atomic E-state index is 12.5. The van der Waals surface area contributed by atoms with Gasteiger partial charge < -0.3 is 20.1 Å². The largest absolute Gasteiger partial charge is 0.490 e. The van der Waals surface area contributed by atoms with Gasteiger partial charge in [0.1, 0.15) is 12.4 Å². The number of hydrogen-bond acceptors (Lipinski definition) is 5. The topological polar surface area (TPSA) is 82.3 Å². The van der Waals surface area contributed by atoms with Crippen molar-refractivity contribution >= 4 is 6.21 Å². The molecule has 0 aromatic heterocycles. The highest BCUT2D eigenvalue weighted by atomic mass is 16.5. The van der Waals surface area contributed by atoms with E-state index < -0.39 is 22.7 Å². The molecule has 1 aromatic carbocycles. The Hall–Kier alpha value is -1.95. The summed E-state index contributed by atoms with van der Waals surface area (Å²) < 4.78 is 5.69. The van der Waals surface area contributed by atoms with Crippen LogP contribution >= 0.6 is 0 Å². The first-order chi connectivity index (χ1) is 17.2. The van der Waals surface area contributed by atoms with Crippen LogP contribution in [-0.4, -0.2) is 45.4 Å². The zero-order valence-electron chi connectivity index (χ0n) is 21.5. The Morgan fingerprint density at radius 2 is 1.81 bits per heavy atom. The molecular weight excluding hydrogens is 450 g/mol. The van der Waals surface area contributed by atoms with Crippen molar-refractivity contribution in [3.63, 3.8) is 0 Å². The van der Waals surface area contributed by atoms with Gasteiger partial charge in [0, 0.05) is 23.5 Å². The van der Waals surface area contributed by atoms with E-state index in [0.717, 1.165) is 49.8 Å². The highest BCUT2D eigenvalue weighted by molar-refractivity contribution is 5.70. The summed E-state index contributed by atoms with van der Waals surface area (Å²) in [7, 11) is 0. The fourth-order valence-electron chi connectivity index (χ4n) is 9.34. The first-order valence-corrected chi connectivity index (χ1v) is 13.9. The van der Waals surface area contributed by atoms with Gasteiger partial charge in [-0.05, 0) is 86.3 Å². The molecule has 1 heterocycles. The summed E-state index contributed by atoms with van der Waals surface area (Å²) in [6, 6.07) is 10.2. The maximum Gasteiger partial charge on any atom is 0.112 e. The molecule has 5 heteroatoms. The molecular formula is C31H41NO4. The van der Waals surface area contributed by atoms with Gasteiger partial charge in [-0.3, -0.25) is 4.99 Å². The number of aliphatic imine (C=N–C) groups is 1. The average Bonchev–Trinajstić information content (AvgIpc) is 3.40. The second-order valence-electron chi connectivity index (χ2n) is 12.6. The molecule has 5 aliphatic rings.